The van der Waals surface area contributed by atoms with Crippen molar-refractivity contribution >= 4 is 34.8 Å². The fraction of sp³-hybridized carbons (Fsp3) is 0.133. The molecule has 3 N–H and O–H groups in total. The predicted octanol–water partition coefficient (Wildman–Crippen LogP) is 3.27. The number of nitrogens with one attached hydrogen (secondary N) is 1. The van der Waals surface area contributed by atoms with Crippen molar-refractivity contribution in [1.82, 2.24) is 5.32 Å². The van der Waals surface area contributed by atoms with Crippen molar-refractivity contribution in [3.63, 3.8) is 0 Å². The number of nitrogens with two attached hydrogens (primary N) is 1. The molecule has 0 aromatic heterocycles. The van der Waals surface area contributed by atoms with Gasteiger partial charge in [0.05, 0.1) is 10.0 Å². The number of amides is 1. The van der Waals surface area contributed by atoms with Crippen LogP contribution in [0.4, 0.5) is 5.69 Å². The van der Waals surface area contributed by atoms with Crippen LogP contribution in [0.2, 0.25) is 10.0 Å². The maximum Gasteiger partial charge on any atom is 0.258 e. The lowest BCUT2D eigenvalue weighted by Gasteiger charge is -2.11. The number of ether oxygens (including phenoxy) is 1. The van der Waals surface area contributed by atoms with Gasteiger partial charge in [0.2, 0.25) is 0 Å². The highest BCUT2D eigenvalue weighted by atomic mass is 35.5. The van der Waals surface area contributed by atoms with Crippen LogP contribution in [-0.4, -0.2) is 12.5 Å². The number of nitrogen functional groups attached to an aromatic ring is 1. The van der Waals surface area contributed by atoms with Crippen LogP contribution in [0.3, 0.4) is 0 Å². The molecule has 2 aromatic rings. The number of rotatable bonds is 5. The predicted molar refractivity (Wildman–Crippen MR) is 84.7 cm³/mol. The molecule has 0 fully saturated rings. The molecule has 0 aliphatic carbocycles. The molecule has 21 heavy (non-hydrogen) atoms. The second kappa shape index (κ2) is 7.20. The van der Waals surface area contributed by atoms with E-state index in [9.17, 15) is 4.79 Å². The second-order valence-electron chi connectivity index (χ2n) is 4.36. The molecule has 0 radical (unpaired) electrons. The molecule has 0 bridgehead atoms. The molecule has 0 aliphatic rings. The van der Waals surface area contributed by atoms with Crippen LogP contribution in [0.15, 0.2) is 42.5 Å². The minimum absolute atomic E-state index is 0.170. The Hall–Kier alpha value is -1.91. The SMILES string of the molecule is Nc1cc(Cl)c(OCC(=O)NCc2ccccc2)c(Cl)c1. The standard InChI is InChI=1S/C15H14Cl2N2O2/c16-12-6-11(18)7-13(17)15(12)21-9-14(20)19-8-10-4-2-1-3-5-10/h1-7H,8-9,18H2,(H,19,20). The van der Waals surface area contributed by atoms with Crippen molar-refractivity contribution in [1.29, 1.82) is 0 Å². The van der Waals surface area contributed by atoms with Gasteiger partial charge in [-0.2, -0.15) is 0 Å². The van der Waals surface area contributed by atoms with Crippen LogP contribution in [0.1, 0.15) is 5.56 Å². The van der Waals surface area contributed by atoms with Gasteiger partial charge >= 0.3 is 0 Å². The molecule has 110 valence electrons. The van der Waals surface area contributed by atoms with Gasteiger partial charge in [0, 0.05) is 12.2 Å². The number of carbonyl (C=O) groups excluding carboxylic acids is 1. The van der Waals surface area contributed by atoms with Crippen LogP contribution >= 0.6 is 23.2 Å². The quantitative estimate of drug-likeness (QED) is 0.829. The Bertz CT molecular complexity index is 610. The van der Waals surface area contributed by atoms with Crippen LogP contribution < -0.4 is 15.8 Å². The zero-order valence-corrected chi connectivity index (χ0v) is 12.6. The number of carbonyl (C=O) groups is 1. The molecule has 2 rings (SSSR count). The molecule has 0 spiro atoms. The first-order chi connectivity index (χ1) is 10.1. The zero-order valence-electron chi connectivity index (χ0n) is 11.1. The van der Waals surface area contributed by atoms with Gasteiger partial charge in [-0.25, -0.2) is 0 Å². The summed E-state index contributed by atoms with van der Waals surface area (Å²) < 4.78 is 5.34. The summed E-state index contributed by atoms with van der Waals surface area (Å²) in [6.07, 6.45) is 0. The third-order valence-corrected chi connectivity index (χ3v) is 3.26. The maximum absolute atomic E-state index is 11.7. The highest BCUT2D eigenvalue weighted by molar-refractivity contribution is 6.37. The van der Waals surface area contributed by atoms with E-state index in [0.29, 0.717) is 12.2 Å². The first-order valence-corrected chi connectivity index (χ1v) is 7.00. The van der Waals surface area contributed by atoms with Crippen molar-refractivity contribution in [3.8, 4) is 5.75 Å². The van der Waals surface area contributed by atoms with E-state index in [1.807, 2.05) is 30.3 Å². The Labute approximate surface area is 132 Å². The molecule has 0 saturated heterocycles. The summed E-state index contributed by atoms with van der Waals surface area (Å²) in [5, 5.41) is 3.29. The Morgan fingerprint density at radius 3 is 2.38 bits per heavy atom. The van der Waals surface area contributed by atoms with Crippen LogP contribution in [0.25, 0.3) is 0 Å². The number of benzene rings is 2. The average Bonchev–Trinajstić information content (AvgIpc) is 2.45. The van der Waals surface area contributed by atoms with Gasteiger partial charge in [0.1, 0.15) is 0 Å². The molecule has 0 aliphatic heterocycles. The average molecular weight is 325 g/mol. The maximum atomic E-state index is 11.7. The van der Waals surface area contributed by atoms with E-state index in [0.717, 1.165) is 5.56 Å². The summed E-state index contributed by atoms with van der Waals surface area (Å²) >= 11 is 11.9. The van der Waals surface area contributed by atoms with E-state index in [4.69, 9.17) is 33.7 Å². The van der Waals surface area contributed by atoms with Gasteiger partial charge in [0.15, 0.2) is 12.4 Å². The van der Waals surface area contributed by atoms with Crippen molar-refractivity contribution in [2.24, 2.45) is 0 Å². The Morgan fingerprint density at radius 2 is 1.76 bits per heavy atom. The minimum atomic E-state index is -0.261. The van der Waals surface area contributed by atoms with E-state index >= 15 is 0 Å². The number of hydrogen-bond acceptors (Lipinski definition) is 3. The minimum Gasteiger partial charge on any atom is -0.481 e. The lowest BCUT2D eigenvalue weighted by Crippen LogP contribution is -2.28. The van der Waals surface area contributed by atoms with Gasteiger partial charge in [-0.15, -0.1) is 0 Å². The molecule has 0 heterocycles. The molecule has 0 atom stereocenters. The van der Waals surface area contributed by atoms with E-state index in [1.54, 1.807) is 0 Å². The van der Waals surface area contributed by atoms with E-state index in [2.05, 4.69) is 5.32 Å². The number of anilines is 1. The Kier molecular flexibility index (Phi) is 5.31. The van der Waals surface area contributed by atoms with Crippen molar-refractivity contribution in [2.75, 3.05) is 12.3 Å². The number of halogens is 2. The molecule has 2 aromatic carbocycles. The van der Waals surface area contributed by atoms with Gasteiger partial charge in [0.25, 0.3) is 5.91 Å². The smallest absolute Gasteiger partial charge is 0.258 e. The topological polar surface area (TPSA) is 64.3 Å². The molecule has 1 amide bonds. The van der Waals surface area contributed by atoms with E-state index < -0.39 is 0 Å². The molecule has 0 unspecified atom stereocenters. The first kappa shape index (κ1) is 15.5. The van der Waals surface area contributed by atoms with E-state index in [1.165, 1.54) is 12.1 Å². The second-order valence-corrected chi connectivity index (χ2v) is 5.18. The molecule has 0 saturated carbocycles. The third kappa shape index (κ3) is 4.55. The highest BCUT2D eigenvalue weighted by Gasteiger charge is 2.11. The molecular weight excluding hydrogens is 311 g/mol. The molecule has 6 heteroatoms. The van der Waals surface area contributed by atoms with Crippen LogP contribution in [0, 0.1) is 0 Å². The van der Waals surface area contributed by atoms with Gasteiger partial charge in [-0.1, -0.05) is 53.5 Å². The van der Waals surface area contributed by atoms with Gasteiger partial charge in [-0.05, 0) is 17.7 Å². The first-order valence-electron chi connectivity index (χ1n) is 6.24. The lowest BCUT2D eigenvalue weighted by molar-refractivity contribution is -0.123. The fourth-order valence-corrected chi connectivity index (χ4v) is 2.32. The van der Waals surface area contributed by atoms with Crippen molar-refractivity contribution < 1.29 is 9.53 Å². The lowest BCUT2D eigenvalue weighted by atomic mass is 10.2. The Morgan fingerprint density at radius 1 is 1.14 bits per heavy atom. The zero-order chi connectivity index (χ0) is 15.2. The van der Waals surface area contributed by atoms with Crippen LogP contribution in [-0.2, 0) is 11.3 Å². The van der Waals surface area contributed by atoms with Gasteiger partial charge < -0.3 is 15.8 Å². The van der Waals surface area contributed by atoms with Crippen LogP contribution in [0.5, 0.6) is 5.75 Å². The summed E-state index contributed by atoms with van der Waals surface area (Å²) in [6.45, 7) is 0.266. The fourth-order valence-electron chi connectivity index (χ4n) is 1.70. The largest absolute Gasteiger partial charge is 0.481 e. The summed E-state index contributed by atoms with van der Waals surface area (Å²) in [5.41, 5.74) is 7.04. The molecular formula is C15H14Cl2N2O2. The normalized spacial score (nSPS) is 10.2. The molecule has 4 nitrogen and oxygen atoms in total. The summed E-state index contributed by atoms with van der Waals surface area (Å²) in [4.78, 5) is 11.7. The highest BCUT2D eigenvalue weighted by Crippen LogP contribution is 2.34. The Balaban J connectivity index is 1.87. The van der Waals surface area contributed by atoms with E-state index in [-0.39, 0.29) is 28.3 Å². The van der Waals surface area contributed by atoms with Crippen molar-refractivity contribution in [2.45, 2.75) is 6.54 Å². The number of hydrogen-bond donors (Lipinski definition) is 2. The third-order valence-electron chi connectivity index (χ3n) is 2.70. The van der Waals surface area contributed by atoms with Crippen molar-refractivity contribution in [3.05, 3.63) is 58.1 Å². The summed E-state index contributed by atoms with van der Waals surface area (Å²) in [7, 11) is 0. The monoisotopic (exact) mass is 324 g/mol. The van der Waals surface area contributed by atoms with Gasteiger partial charge in [-0.3, -0.25) is 4.79 Å². The summed E-state index contributed by atoms with van der Waals surface area (Å²) in [5.74, 6) is -0.00907. The summed E-state index contributed by atoms with van der Waals surface area (Å²) in [6, 6.07) is 12.6.